The van der Waals surface area contributed by atoms with Gasteiger partial charge >= 0.3 is 0 Å². The Morgan fingerprint density at radius 3 is 1.80 bits per heavy atom. The smallest absolute Gasteiger partial charge is 0.0229 e. The van der Waals surface area contributed by atoms with Gasteiger partial charge in [-0.05, 0) is 42.4 Å². The Morgan fingerprint density at radius 2 is 1.35 bits per heavy atom. The standard InChI is InChI=1S/C20H40/c1-9-12-18(7)20(16(5)10-2)19(8)14-11-13-17(6)15(3)4/h9,12,15-20H,10-11,13-14H2,1-8H3. The first-order valence-corrected chi connectivity index (χ1v) is 8.97. The van der Waals surface area contributed by atoms with Crippen LogP contribution in [0.1, 0.15) is 81.1 Å². The van der Waals surface area contributed by atoms with E-state index in [1.165, 1.54) is 25.7 Å². The van der Waals surface area contributed by atoms with Gasteiger partial charge in [0.1, 0.15) is 0 Å². The molecule has 0 aromatic rings. The number of hydrogen-bond acceptors (Lipinski definition) is 0. The molecule has 5 atom stereocenters. The zero-order valence-electron chi connectivity index (χ0n) is 15.4. The third kappa shape index (κ3) is 6.95. The van der Waals surface area contributed by atoms with Gasteiger partial charge in [0.25, 0.3) is 0 Å². The molecule has 0 amide bonds. The molecule has 0 aliphatic heterocycles. The topological polar surface area (TPSA) is 0 Å². The van der Waals surface area contributed by atoms with Crippen LogP contribution >= 0.6 is 0 Å². The molecule has 0 bridgehead atoms. The Hall–Kier alpha value is -0.260. The first-order valence-electron chi connectivity index (χ1n) is 8.97. The van der Waals surface area contributed by atoms with Gasteiger partial charge in [-0.3, -0.25) is 0 Å². The number of rotatable bonds is 10. The van der Waals surface area contributed by atoms with E-state index in [1.54, 1.807) is 0 Å². The lowest BCUT2D eigenvalue weighted by Gasteiger charge is -2.33. The molecule has 0 radical (unpaired) electrons. The molecule has 0 aromatic carbocycles. The highest BCUT2D eigenvalue weighted by Crippen LogP contribution is 2.35. The van der Waals surface area contributed by atoms with Gasteiger partial charge in [0.05, 0.1) is 0 Å². The maximum atomic E-state index is 2.48. The van der Waals surface area contributed by atoms with Crippen LogP contribution < -0.4 is 0 Å². The summed E-state index contributed by atoms with van der Waals surface area (Å²) >= 11 is 0. The lowest BCUT2D eigenvalue weighted by atomic mass is 9.72. The number of allylic oxidation sites excluding steroid dienone is 2. The van der Waals surface area contributed by atoms with E-state index < -0.39 is 0 Å². The van der Waals surface area contributed by atoms with Crippen LogP contribution in [0.5, 0.6) is 0 Å². The van der Waals surface area contributed by atoms with Gasteiger partial charge in [-0.15, -0.1) is 0 Å². The highest BCUT2D eigenvalue weighted by Gasteiger charge is 2.26. The quantitative estimate of drug-likeness (QED) is 0.379. The molecular formula is C20H40. The lowest BCUT2D eigenvalue weighted by Crippen LogP contribution is -2.25. The van der Waals surface area contributed by atoms with E-state index in [1.807, 2.05) is 0 Å². The fraction of sp³-hybridized carbons (Fsp3) is 0.900. The molecule has 0 N–H and O–H groups in total. The van der Waals surface area contributed by atoms with Crippen molar-refractivity contribution in [1.82, 2.24) is 0 Å². The van der Waals surface area contributed by atoms with Crippen molar-refractivity contribution < 1.29 is 0 Å². The fourth-order valence-electron chi connectivity index (χ4n) is 3.59. The summed E-state index contributed by atoms with van der Waals surface area (Å²) in [5.41, 5.74) is 0. The Morgan fingerprint density at radius 1 is 0.800 bits per heavy atom. The largest absolute Gasteiger partial charge is 0.0914 e. The first kappa shape index (κ1) is 19.7. The summed E-state index contributed by atoms with van der Waals surface area (Å²) < 4.78 is 0. The van der Waals surface area contributed by atoms with Crippen molar-refractivity contribution in [3.05, 3.63) is 12.2 Å². The van der Waals surface area contributed by atoms with Crippen LogP contribution in [0.15, 0.2) is 12.2 Å². The maximum Gasteiger partial charge on any atom is -0.0229 e. The molecule has 0 aliphatic carbocycles. The van der Waals surface area contributed by atoms with Crippen LogP contribution in [0.4, 0.5) is 0 Å². The third-order valence-corrected chi connectivity index (χ3v) is 5.52. The molecule has 0 heterocycles. The molecular weight excluding hydrogens is 240 g/mol. The van der Waals surface area contributed by atoms with Crippen molar-refractivity contribution in [2.45, 2.75) is 81.1 Å². The van der Waals surface area contributed by atoms with Crippen molar-refractivity contribution in [2.75, 3.05) is 0 Å². The van der Waals surface area contributed by atoms with Gasteiger partial charge in [0.2, 0.25) is 0 Å². The van der Waals surface area contributed by atoms with E-state index in [4.69, 9.17) is 0 Å². The number of hydrogen-bond donors (Lipinski definition) is 0. The van der Waals surface area contributed by atoms with E-state index in [0.717, 1.165) is 29.6 Å². The average Bonchev–Trinajstić information content (AvgIpc) is 2.38. The maximum absolute atomic E-state index is 2.48. The van der Waals surface area contributed by atoms with Crippen molar-refractivity contribution in [3.63, 3.8) is 0 Å². The highest BCUT2D eigenvalue weighted by molar-refractivity contribution is 4.90. The van der Waals surface area contributed by atoms with Gasteiger partial charge in [-0.2, -0.15) is 0 Å². The minimum absolute atomic E-state index is 0.715. The molecule has 0 aliphatic rings. The second-order valence-electron chi connectivity index (χ2n) is 7.48. The molecule has 0 saturated carbocycles. The summed E-state index contributed by atoms with van der Waals surface area (Å²) in [4.78, 5) is 0. The monoisotopic (exact) mass is 280 g/mol. The summed E-state index contributed by atoms with van der Waals surface area (Å²) in [6.45, 7) is 18.9. The van der Waals surface area contributed by atoms with Crippen molar-refractivity contribution in [1.29, 1.82) is 0 Å². The second kappa shape index (κ2) is 10.5. The van der Waals surface area contributed by atoms with E-state index >= 15 is 0 Å². The minimum atomic E-state index is 0.715. The average molecular weight is 281 g/mol. The molecule has 0 rings (SSSR count). The highest BCUT2D eigenvalue weighted by atomic mass is 14.3. The SMILES string of the molecule is CC=CC(C)C(C(C)CC)C(C)CCCC(C)C(C)C. The Labute approximate surface area is 129 Å². The van der Waals surface area contributed by atoms with Crippen molar-refractivity contribution in [2.24, 2.45) is 35.5 Å². The molecule has 120 valence electrons. The fourth-order valence-corrected chi connectivity index (χ4v) is 3.59. The van der Waals surface area contributed by atoms with Gasteiger partial charge < -0.3 is 0 Å². The molecule has 0 saturated heterocycles. The Kier molecular flexibility index (Phi) is 10.3. The summed E-state index contributed by atoms with van der Waals surface area (Å²) in [6, 6.07) is 0. The van der Waals surface area contributed by atoms with Crippen molar-refractivity contribution in [3.8, 4) is 0 Å². The van der Waals surface area contributed by atoms with E-state index in [2.05, 4.69) is 67.5 Å². The van der Waals surface area contributed by atoms with Gasteiger partial charge in [0.15, 0.2) is 0 Å². The zero-order valence-corrected chi connectivity index (χ0v) is 15.4. The van der Waals surface area contributed by atoms with E-state index in [0.29, 0.717) is 5.92 Å². The summed E-state index contributed by atoms with van der Waals surface area (Å²) in [6.07, 6.45) is 10.1. The molecule has 20 heavy (non-hydrogen) atoms. The summed E-state index contributed by atoms with van der Waals surface area (Å²) in [5.74, 6) is 4.93. The minimum Gasteiger partial charge on any atom is -0.0914 e. The second-order valence-corrected chi connectivity index (χ2v) is 7.48. The normalized spacial score (nSPS) is 20.1. The van der Waals surface area contributed by atoms with Crippen LogP contribution in [-0.4, -0.2) is 0 Å². The van der Waals surface area contributed by atoms with Crippen LogP contribution in [0, 0.1) is 35.5 Å². The Balaban J connectivity index is 4.44. The third-order valence-electron chi connectivity index (χ3n) is 5.52. The van der Waals surface area contributed by atoms with Gasteiger partial charge in [-0.1, -0.05) is 86.3 Å². The van der Waals surface area contributed by atoms with Crippen LogP contribution in [0.2, 0.25) is 0 Å². The molecule has 5 unspecified atom stereocenters. The van der Waals surface area contributed by atoms with Crippen molar-refractivity contribution >= 4 is 0 Å². The molecule has 0 aromatic heterocycles. The zero-order chi connectivity index (χ0) is 15.7. The molecule has 0 fully saturated rings. The first-order chi connectivity index (χ1) is 9.34. The van der Waals surface area contributed by atoms with Gasteiger partial charge in [0, 0.05) is 0 Å². The van der Waals surface area contributed by atoms with Crippen LogP contribution in [0.25, 0.3) is 0 Å². The van der Waals surface area contributed by atoms with Crippen LogP contribution in [-0.2, 0) is 0 Å². The predicted molar refractivity (Wildman–Crippen MR) is 93.9 cm³/mol. The predicted octanol–water partition coefficient (Wildman–Crippen LogP) is 6.96. The Bertz CT molecular complexity index is 251. The molecule has 0 heteroatoms. The van der Waals surface area contributed by atoms with E-state index in [-0.39, 0.29) is 0 Å². The van der Waals surface area contributed by atoms with E-state index in [9.17, 15) is 0 Å². The van der Waals surface area contributed by atoms with Gasteiger partial charge in [-0.25, -0.2) is 0 Å². The summed E-state index contributed by atoms with van der Waals surface area (Å²) in [5, 5.41) is 0. The van der Waals surface area contributed by atoms with Crippen LogP contribution in [0.3, 0.4) is 0 Å². The lowest BCUT2D eigenvalue weighted by molar-refractivity contribution is 0.183. The molecule has 0 nitrogen and oxygen atoms in total. The summed E-state index contributed by atoms with van der Waals surface area (Å²) in [7, 11) is 0. The molecule has 0 spiro atoms.